The van der Waals surface area contributed by atoms with Crippen LogP contribution in [0.1, 0.15) is 44.3 Å². The molecule has 0 saturated carbocycles. The van der Waals surface area contributed by atoms with Crippen LogP contribution in [0, 0.1) is 11.5 Å². The number of hydrogen-bond donors (Lipinski definition) is 3. The van der Waals surface area contributed by atoms with Gasteiger partial charge in [-0.1, -0.05) is 19.3 Å². The molecule has 0 atom stereocenters. The molecule has 8 heteroatoms. The summed E-state index contributed by atoms with van der Waals surface area (Å²) in [5.41, 5.74) is 0.821. The van der Waals surface area contributed by atoms with Crippen LogP contribution in [0.5, 0.6) is 0 Å². The van der Waals surface area contributed by atoms with Crippen LogP contribution in [0.25, 0.3) is 0 Å². The van der Waals surface area contributed by atoms with Crippen molar-refractivity contribution in [3.05, 3.63) is 48.7 Å². The molecule has 0 fully saturated rings. The van der Waals surface area contributed by atoms with E-state index in [0.29, 0.717) is 25.5 Å². The molecule has 3 N–H and O–H groups in total. The second-order valence-electron chi connectivity index (χ2n) is 6.20. The Morgan fingerprint density at radius 2 is 1.93 bits per heavy atom. The van der Waals surface area contributed by atoms with E-state index in [2.05, 4.69) is 25.9 Å². The summed E-state index contributed by atoms with van der Waals surface area (Å²) in [4.78, 5) is 20.1. The molecule has 0 aliphatic rings. The molecule has 0 spiro atoms. The molecule has 2 aromatic heterocycles. The minimum atomic E-state index is 0.0513. The number of nitrogens with zero attached hydrogens (tertiary/aromatic N) is 3. The fourth-order valence-corrected chi connectivity index (χ4v) is 2.54. The lowest BCUT2D eigenvalue weighted by atomic mass is 10.1. The minimum Gasteiger partial charge on any atom is -0.467 e. The summed E-state index contributed by atoms with van der Waals surface area (Å²) in [7, 11) is 0. The third-order valence-corrected chi connectivity index (χ3v) is 3.99. The number of unbranched alkanes of at least 4 members (excludes halogenated alkanes) is 4. The SMILES string of the molecule is N#CNC(=NCCCCCCCC(=O)NCc1ccco1)Nc1ccncc1. The van der Waals surface area contributed by atoms with Crippen LogP contribution in [-0.4, -0.2) is 23.4 Å². The minimum absolute atomic E-state index is 0.0513. The molecule has 0 bridgehead atoms. The molecule has 0 saturated heterocycles. The average Bonchev–Trinajstić information content (AvgIpc) is 3.23. The summed E-state index contributed by atoms with van der Waals surface area (Å²) in [5.74, 6) is 1.25. The Hall–Kier alpha value is -3.34. The van der Waals surface area contributed by atoms with Gasteiger partial charge in [-0.3, -0.25) is 20.1 Å². The molecular formula is C20H26N6O2. The van der Waals surface area contributed by atoms with Crippen molar-refractivity contribution < 1.29 is 9.21 Å². The predicted octanol–water partition coefficient (Wildman–Crippen LogP) is 3.17. The van der Waals surface area contributed by atoms with Gasteiger partial charge in [-0.05, 0) is 37.1 Å². The molecule has 1 amide bonds. The smallest absolute Gasteiger partial charge is 0.220 e. The van der Waals surface area contributed by atoms with E-state index in [1.54, 1.807) is 36.9 Å². The van der Waals surface area contributed by atoms with Gasteiger partial charge in [-0.15, -0.1) is 0 Å². The monoisotopic (exact) mass is 382 g/mol. The summed E-state index contributed by atoms with van der Waals surface area (Å²) in [6.07, 6.45) is 12.3. The second-order valence-corrected chi connectivity index (χ2v) is 6.20. The third-order valence-electron chi connectivity index (χ3n) is 3.99. The molecule has 0 aliphatic heterocycles. The van der Waals surface area contributed by atoms with E-state index in [1.165, 1.54) is 0 Å². The first-order valence-corrected chi connectivity index (χ1v) is 9.43. The van der Waals surface area contributed by atoms with E-state index < -0.39 is 0 Å². The largest absolute Gasteiger partial charge is 0.467 e. The van der Waals surface area contributed by atoms with E-state index in [-0.39, 0.29) is 5.91 Å². The molecule has 0 aliphatic carbocycles. The molecule has 28 heavy (non-hydrogen) atoms. The number of furan rings is 1. The van der Waals surface area contributed by atoms with Gasteiger partial charge in [0.2, 0.25) is 11.9 Å². The highest BCUT2D eigenvalue weighted by atomic mass is 16.3. The fraction of sp³-hybridized carbons (Fsp3) is 0.400. The van der Waals surface area contributed by atoms with Crippen LogP contribution in [0.4, 0.5) is 5.69 Å². The van der Waals surface area contributed by atoms with Crippen LogP contribution in [0.15, 0.2) is 52.3 Å². The fourth-order valence-electron chi connectivity index (χ4n) is 2.54. The van der Waals surface area contributed by atoms with E-state index in [4.69, 9.17) is 9.68 Å². The molecule has 148 valence electrons. The molecule has 2 heterocycles. The molecule has 2 rings (SSSR count). The maximum Gasteiger partial charge on any atom is 0.220 e. The number of guanidine groups is 1. The Morgan fingerprint density at radius 1 is 1.14 bits per heavy atom. The Bertz CT molecular complexity index is 753. The average molecular weight is 382 g/mol. The van der Waals surface area contributed by atoms with Gasteiger partial charge in [0.05, 0.1) is 12.8 Å². The second kappa shape index (κ2) is 12.9. The number of hydrogen-bond acceptors (Lipinski definition) is 5. The van der Waals surface area contributed by atoms with Crippen molar-refractivity contribution in [2.24, 2.45) is 4.99 Å². The molecule has 0 radical (unpaired) electrons. The Morgan fingerprint density at radius 3 is 2.68 bits per heavy atom. The number of carbonyl (C=O) groups excluding carboxylic acids is 1. The number of aromatic nitrogens is 1. The molecule has 2 aromatic rings. The first kappa shape index (κ1) is 21.0. The summed E-state index contributed by atoms with van der Waals surface area (Å²) in [6, 6.07) is 7.26. The standard InChI is InChI=1S/C20H26N6O2/c21-16-25-20(26-17-9-12-22-13-10-17)23-11-5-3-1-2-4-8-19(27)24-15-18-7-6-14-28-18/h6-7,9-10,12-14H,1-5,8,11,15H2,(H,24,27)(H2,22,23,25,26). The number of pyridine rings is 1. The third kappa shape index (κ3) is 8.85. The van der Waals surface area contributed by atoms with Gasteiger partial charge in [0.15, 0.2) is 6.19 Å². The lowest BCUT2D eigenvalue weighted by molar-refractivity contribution is -0.121. The summed E-state index contributed by atoms with van der Waals surface area (Å²) in [5, 5.41) is 17.3. The van der Waals surface area contributed by atoms with Crippen LogP contribution in [0.2, 0.25) is 0 Å². The molecular weight excluding hydrogens is 356 g/mol. The van der Waals surface area contributed by atoms with Crippen LogP contribution in [-0.2, 0) is 11.3 Å². The summed E-state index contributed by atoms with van der Waals surface area (Å²) in [6.45, 7) is 1.07. The van der Waals surface area contributed by atoms with Crippen molar-refractivity contribution >= 4 is 17.6 Å². The lowest BCUT2D eigenvalue weighted by Crippen LogP contribution is -2.27. The first-order valence-electron chi connectivity index (χ1n) is 9.43. The number of carbonyl (C=O) groups is 1. The molecule has 0 aromatic carbocycles. The number of amides is 1. The van der Waals surface area contributed by atoms with Crippen molar-refractivity contribution in [3.8, 4) is 6.19 Å². The Balaban J connectivity index is 1.52. The van der Waals surface area contributed by atoms with Gasteiger partial charge in [0.25, 0.3) is 0 Å². The van der Waals surface area contributed by atoms with Crippen LogP contribution >= 0.6 is 0 Å². The highest BCUT2D eigenvalue weighted by Crippen LogP contribution is 2.07. The van der Waals surface area contributed by atoms with Crippen molar-refractivity contribution in [3.63, 3.8) is 0 Å². The number of rotatable bonds is 11. The Kier molecular flexibility index (Phi) is 9.68. The van der Waals surface area contributed by atoms with Crippen molar-refractivity contribution in [2.45, 2.75) is 45.1 Å². The van der Waals surface area contributed by atoms with E-state index >= 15 is 0 Å². The van der Waals surface area contributed by atoms with Gasteiger partial charge in [-0.2, -0.15) is 5.26 Å². The predicted molar refractivity (Wildman–Crippen MR) is 107 cm³/mol. The summed E-state index contributed by atoms with van der Waals surface area (Å²) < 4.78 is 5.17. The number of anilines is 1. The summed E-state index contributed by atoms with van der Waals surface area (Å²) >= 11 is 0. The first-order chi connectivity index (χ1) is 13.8. The van der Waals surface area contributed by atoms with E-state index in [1.807, 2.05) is 12.3 Å². The van der Waals surface area contributed by atoms with Gasteiger partial charge in [-0.25, -0.2) is 0 Å². The zero-order chi connectivity index (χ0) is 19.9. The van der Waals surface area contributed by atoms with Gasteiger partial charge >= 0.3 is 0 Å². The number of aliphatic imine (C=N–C) groups is 1. The number of nitrogens with one attached hydrogen (secondary N) is 3. The van der Waals surface area contributed by atoms with E-state index in [9.17, 15) is 4.79 Å². The highest BCUT2D eigenvalue weighted by molar-refractivity contribution is 5.94. The van der Waals surface area contributed by atoms with Crippen molar-refractivity contribution in [1.82, 2.24) is 15.6 Å². The number of nitriles is 1. The van der Waals surface area contributed by atoms with Gasteiger partial charge in [0.1, 0.15) is 5.76 Å². The quantitative estimate of drug-likeness (QED) is 0.181. The lowest BCUT2D eigenvalue weighted by Gasteiger charge is -2.07. The van der Waals surface area contributed by atoms with Gasteiger partial charge < -0.3 is 15.1 Å². The molecule has 0 unspecified atom stereocenters. The highest BCUT2D eigenvalue weighted by Gasteiger charge is 2.03. The van der Waals surface area contributed by atoms with Crippen LogP contribution < -0.4 is 16.0 Å². The maximum atomic E-state index is 11.7. The zero-order valence-corrected chi connectivity index (χ0v) is 15.9. The Labute approximate surface area is 165 Å². The van der Waals surface area contributed by atoms with E-state index in [0.717, 1.165) is 43.6 Å². The van der Waals surface area contributed by atoms with Gasteiger partial charge in [0, 0.05) is 31.0 Å². The van der Waals surface area contributed by atoms with Crippen molar-refractivity contribution in [1.29, 1.82) is 5.26 Å². The maximum absolute atomic E-state index is 11.7. The van der Waals surface area contributed by atoms with Crippen LogP contribution in [0.3, 0.4) is 0 Å². The van der Waals surface area contributed by atoms with Crippen molar-refractivity contribution in [2.75, 3.05) is 11.9 Å². The zero-order valence-electron chi connectivity index (χ0n) is 15.9. The molecule has 8 nitrogen and oxygen atoms in total. The normalized spacial score (nSPS) is 10.9. The topological polar surface area (TPSA) is 115 Å².